The molecule has 0 aromatic heterocycles. The van der Waals surface area contributed by atoms with E-state index in [1.807, 2.05) is 6.26 Å². The van der Waals surface area contributed by atoms with Crippen molar-refractivity contribution >= 4 is 27.7 Å². The van der Waals surface area contributed by atoms with Crippen LogP contribution in [0.1, 0.15) is 13.8 Å². The normalized spacial score (nSPS) is 12.6. The van der Waals surface area contributed by atoms with Gasteiger partial charge in [0, 0.05) is 0 Å². The lowest BCUT2D eigenvalue weighted by Gasteiger charge is -2.09. The molecule has 1 atom stereocenters. The lowest BCUT2D eigenvalue weighted by Crippen LogP contribution is -2.30. The minimum absolute atomic E-state index is 0.200. The predicted octanol–water partition coefficient (Wildman–Crippen LogP) is 1.45. The first-order chi connectivity index (χ1) is 5.22. The molecule has 0 aliphatic heterocycles. The van der Waals surface area contributed by atoms with Crippen LogP contribution in [0, 0.1) is 0 Å². The van der Waals surface area contributed by atoms with Gasteiger partial charge in [-0.2, -0.15) is 0 Å². The second kappa shape index (κ2) is 6.82. The third-order valence-corrected chi connectivity index (χ3v) is 2.35. The summed E-state index contributed by atoms with van der Waals surface area (Å²) in [6.07, 6.45) is 1.94. The van der Waals surface area contributed by atoms with Crippen LogP contribution in [0.5, 0.6) is 0 Å². The fourth-order valence-electron chi connectivity index (χ4n) is 0.436. The van der Waals surface area contributed by atoms with Crippen LogP contribution >= 0.6 is 21.8 Å². The van der Waals surface area contributed by atoms with Crippen molar-refractivity contribution in [2.45, 2.75) is 19.9 Å². The van der Waals surface area contributed by atoms with E-state index in [4.69, 9.17) is 4.74 Å². The molecule has 66 valence electrons. The van der Waals surface area contributed by atoms with Gasteiger partial charge in [0.05, 0.1) is 6.61 Å². The number of rotatable bonds is 5. The topological polar surface area (TPSA) is 38.3 Å². The first-order valence-electron chi connectivity index (χ1n) is 3.34. The van der Waals surface area contributed by atoms with Gasteiger partial charge in [0.2, 0.25) is 0 Å². The zero-order valence-corrected chi connectivity index (χ0v) is 8.55. The Morgan fingerprint density at radius 3 is 2.82 bits per heavy atom. The number of carbonyl (C=O) groups is 1. The molecule has 0 fully saturated rings. The third kappa shape index (κ3) is 5.41. The molecule has 0 rings (SSSR count). The van der Waals surface area contributed by atoms with Crippen LogP contribution < -0.4 is 4.72 Å². The monoisotopic (exact) mass is 195 g/mol. The highest BCUT2D eigenvalue weighted by atomic mass is 33.1. The van der Waals surface area contributed by atoms with Crippen molar-refractivity contribution in [3.63, 3.8) is 0 Å². The third-order valence-electron chi connectivity index (χ3n) is 0.948. The van der Waals surface area contributed by atoms with Gasteiger partial charge >= 0.3 is 5.97 Å². The van der Waals surface area contributed by atoms with Gasteiger partial charge in [-0.25, -0.2) is 4.72 Å². The summed E-state index contributed by atoms with van der Waals surface area (Å²) in [5.74, 6) is -0.200. The Kier molecular flexibility index (Phi) is 6.90. The van der Waals surface area contributed by atoms with Gasteiger partial charge < -0.3 is 4.74 Å². The fourth-order valence-corrected chi connectivity index (χ4v) is 1.49. The maximum absolute atomic E-state index is 10.9. The number of esters is 1. The van der Waals surface area contributed by atoms with E-state index in [0.29, 0.717) is 6.61 Å². The zero-order chi connectivity index (χ0) is 8.69. The lowest BCUT2D eigenvalue weighted by molar-refractivity contribution is -0.144. The van der Waals surface area contributed by atoms with E-state index in [1.54, 1.807) is 24.6 Å². The van der Waals surface area contributed by atoms with Gasteiger partial charge in [0.25, 0.3) is 0 Å². The van der Waals surface area contributed by atoms with E-state index in [-0.39, 0.29) is 12.0 Å². The lowest BCUT2D eigenvalue weighted by atomic mass is 10.4. The van der Waals surface area contributed by atoms with E-state index < -0.39 is 0 Å². The first-order valence-corrected chi connectivity index (χ1v) is 5.90. The summed E-state index contributed by atoms with van der Waals surface area (Å²) < 4.78 is 7.70. The minimum atomic E-state index is -0.229. The Bertz CT molecular complexity index is 121. The van der Waals surface area contributed by atoms with Crippen LogP contribution in [0.2, 0.25) is 0 Å². The van der Waals surface area contributed by atoms with Crippen molar-refractivity contribution in [3.05, 3.63) is 0 Å². The SMILES string of the molecule is CCOC(=O)C(C)NSSC. The minimum Gasteiger partial charge on any atom is -0.465 e. The van der Waals surface area contributed by atoms with E-state index in [2.05, 4.69) is 4.72 Å². The molecular weight excluding hydrogens is 182 g/mol. The number of hydrogen-bond acceptors (Lipinski definition) is 5. The van der Waals surface area contributed by atoms with Crippen LogP contribution in [-0.4, -0.2) is 24.9 Å². The van der Waals surface area contributed by atoms with Crippen LogP contribution in [0.4, 0.5) is 0 Å². The van der Waals surface area contributed by atoms with Gasteiger partial charge in [-0.05, 0) is 31.1 Å². The molecular formula is C6H13NO2S2. The molecule has 1 N–H and O–H groups in total. The summed E-state index contributed by atoms with van der Waals surface area (Å²) in [4.78, 5) is 10.9. The van der Waals surface area contributed by atoms with Crippen LogP contribution in [-0.2, 0) is 9.53 Å². The number of ether oxygens (including phenoxy) is 1. The van der Waals surface area contributed by atoms with Gasteiger partial charge in [-0.1, -0.05) is 10.8 Å². The second-order valence-corrected chi connectivity index (χ2v) is 4.08. The number of nitrogens with one attached hydrogen (secondary N) is 1. The highest BCUT2D eigenvalue weighted by molar-refractivity contribution is 8.75. The van der Waals surface area contributed by atoms with Crippen LogP contribution in [0.3, 0.4) is 0 Å². The quantitative estimate of drug-likeness (QED) is 0.408. The predicted molar refractivity (Wildman–Crippen MR) is 50.3 cm³/mol. The molecule has 0 heterocycles. The van der Waals surface area contributed by atoms with E-state index in [1.165, 1.54) is 11.0 Å². The van der Waals surface area contributed by atoms with E-state index >= 15 is 0 Å². The van der Waals surface area contributed by atoms with Crippen molar-refractivity contribution in [3.8, 4) is 0 Å². The average Bonchev–Trinajstić information content (AvgIpc) is 2.00. The molecule has 1 unspecified atom stereocenters. The molecule has 0 amide bonds. The molecule has 3 nitrogen and oxygen atoms in total. The maximum atomic E-state index is 10.9. The maximum Gasteiger partial charge on any atom is 0.323 e. The van der Waals surface area contributed by atoms with Crippen LogP contribution in [0.15, 0.2) is 0 Å². The summed E-state index contributed by atoms with van der Waals surface area (Å²) in [5, 5.41) is 0. The van der Waals surface area contributed by atoms with Crippen molar-refractivity contribution in [2.75, 3.05) is 12.9 Å². The Labute approximate surface area is 75.2 Å². The Morgan fingerprint density at radius 2 is 2.36 bits per heavy atom. The number of carbonyl (C=O) groups excluding carboxylic acids is 1. The van der Waals surface area contributed by atoms with Gasteiger partial charge in [0.1, 0.15) is 6.04 Å². The number of hydrogen-bond donors (Lipinski definition) is 1. The van der Waals surface area contributed by atoms with Gasteiger partial charge in [-0.15, -0.1) is 0 Å². The molecule has 0 saturated carbocycles. The first kappa shape index (κ1) is 11.1. The van der Waals surface area contributed by atoms with Gasteiger partial charge in [0.15, 0.2) is 0 Å². The Morgan fingerprint density at radius 1 is 1.73 bits per heavy atom. The molecule has 11 heavy (non-hydrogen) atoms. The van der Waals surface area contributed by atoms with Crippen molar-refractivity contribution in [1.29, 1.82) is 0 Å². The molecule has 0 aliphatic carbocycles. The zero-order valence-electron chi connectivity index (χ0n) is 6.92. The summed E-state index contributed by atoms with van der Waals surface area (Å²) in [6, 6.07) is -0.229. The summed E-state index contributed by atoms with van der Waals surface area (Å²) in [6.45, 7) is 4.02. The molecule has 0 saturated heterocycles. The van der Waals surface area contributed by atoms with E-state index in [0.717, 1.165) is 0 Å². The Balaban J connectivity index is 3.46. The van der Waals surface area contributed by atoms with Crippen molar-refractivity contribution in [2.24, 2.45) is 0 Å². The van der Waals surface area contributed by atoms with Crippen LogP contribution in [0.25, 0.3) is 0 Å². The molecule has 5 heteroatoms. The average molecular weight is 195 g/mol. The molecule has 0 bridgehead atoms. The molecule has 0 aromatic carbocycles. The fraction of sp³-hybridized carbons (Fsp3) is 0.833. The molecule has 0 radical (unpaired) electrons. The standard InChI is InChI=1S/C6H13NO2S2/c1-4-9-6(8)5(2)7-11-10-3/h5,7H,4H2,1-3H3. The second-order valence-electron chi connectivity index (χ2n) is 1.84. The summed E-state index contributed by atoms with van der Waals surface area (Å²) in [5.41, 5.74) is 0. The van der Waals surface area contributed by atoms with Gasteiger partial charge in [-0.3, -0.25) is 4.79 Å². The van der Waals surface area contributed by atoms with Crippen molar-refractivity contribution < 1.29 is 9.53 Å². The van der Waals surface area contributed by atoms with Crippen molar-refractivity contribution in [1.82, 2.24) is 4.72 Å². The molecule has 0 spiro atoms. The smallest absolute Gasteiger partial charge is 0.323 e. The summed E-state index contributed by atoms with van der Waals surface area (Å²) >= 11 is 0. The highest BCUT2D eigenvalue weighted by Crippen LogP contribution is 2.12. The molecule has 0 aromatic rings. The molecule has 0 aliphatic rings. The summed E-state index contributed by atoms with van der Waals surface area (Å²) in [7, 11) is 3.00. The highest BCUT2D eigenvalue weighted by Gasteiger charge is 2.12. The Hall–Kier alpha value is 0.130. The largest absolute Gasteiger partial charge is 0.465 e. The van der Waals surface area contributed by atoms with E-state index in [9.17, 15) is 4.79 Å².